The fraction of sp³-hybridized carbons (Fsp3) is 0.769. The summed E-state index contributed by atoms with van der Waals surface area (Å²) < 4.78 is 0. The molecule has 26 heavy (non-hydrogen) atoms. The minimum absolute atomic E-state index is 0.308. The molecule has 0 amide bonds. The first-order chi connectivity index (χ1) is 12.0. The van der Waals surface area contributed by atoms with Crippen LogP contribution in [0.4, 0.5) is 0 Å². The van der Waals surface area contributed by atoms with Crippen LogP contribution in [0.3, 0.4) is 0 Å². The highest BCUT2D eigenvalue weighted by molar-refractivity contribution is 5.48. The third kappa shape index (κ3) is 3.90. The summed E-state index contributed by atoms with van der Waals surface area (Å²) in [4.78, 5) is 0. The fourth-order valence-electron chi connectivity index (χ4n) is 6.46. The lowest BCUT2D eigenvalue weighted by molar-refractivity contribution is 0.126. The van der Waals surface area contributed by atoms with Gasteiger partial charge in [-0.05, 0) is 71.8 Å². The van der Waals surface area contributed by atoms with Gasteiger partial charge in [-0.2, -0.15) is 0 Å². The van der Waals surface area contributed by atoms with Gasteiger partial charge in [0.25, 0.3) is 0 Å². The molecule has 0 spiro atoms. The van der Waals surface area contributed by atoms with Gasteiger partial charge in [0.2, 0.25) is 0 Å². The van der Waals surface area contributed by atoms with Crippen molar-refractivity contribution in [3.05, 3.63) is 34.9 Å². The molecule has 0 aliphatic heterocycles. The van der Waals surface area contributed by atoms with E-state index in [4.69, 9.17) is 0 Å². The highest BCUT2D eigenvalue weighted by Crippen LogP contribution is 2.59. The minimum atomic E-state index is 0.308. The Hall–Kier alpha value is -0.780. The van der Waals surface area contributed by atoms with E-state index in [2.05, 4.69) is 66.7 Å². The Morgan fingerprint density at radius 3 is 2.35 bits per heavy atom. The summed E-state index contributed by atoms with van der Waals surface area (Å²) in [6.45, 7) is 17.1. The first-order valence-corrected chi connectivity index (χ1v) is 11.2. The van der Waals surface area contributed by atoms with E-state index in [0.717, 1.165) is 11.8 Å². The molecule has 3 unspecified atom stereocenters. The van der Waals surface area contributed by atoms with Crippen molar-refractivity contribution in [2.45, 2.75) is 111 Å². The molecule has 0 radical (unpaired) electrons. The van der Waals surface area contributed by atoms with Crippen molar-refractivity contribution in [1.82, 2.24) is 0 Å². The molecule has 3 rings (SSSR count). The molecular weight excluding hydrogens is 312 g/mol. The predicted molar refractivity (Wildman–Crippen MR) is 115 cm³/mol. The third-order valence-corrected chi connectivity index (χ3v) is 7.33. The molecule has 1 fully saturated rings. The van der Waals surface area contributed by atoms with Gasteiger partial charge in [0, 0.05) is 0 Å². The van der Waals surface area contributed by atoms with Gasteiger partial charge in [0.15, 0.2) is 0 Å². The Kier molecular flexibility index (Phi) is 5.37. The molecule has 146 valence electrons. The van der Waals surface area contributed by atoms with Gasteiger partial charge in [0.05, 0.1) is 0 Å². The fourth-order valence-corrected chi connectivity index (χ4v) is 6.46. The summed E-state index contributed by atoms with van der Waals surface area (Å²) in [6, 6.07) is 7.37. The van der Waals surface area contributed by atoms with E-state index in [-0.39, 0.29) is 0 Å². The number of aryl methyl sites for hydroxylation is 1. The van der Waals surface area contributed by atoms with Crippen molar-refractivity contribution in [1.29, 1.82) is 0 Å². The van der Waals surface area contributed by atoms with Crippen molar-refractivity contribution < 1.29 is 0 Å². The van der Waals surface area contributed by atoms with Crippen LogP contribution < -0.4 is 0 Å². The summed E-state index contributed by atoms with van der Waals surface area (Å²) >= 11 is 0. The second-order valence-electron chi connectivity index (χ2n) is 11.7. The Morgan fingerprint density at radius 2 is 1.65 bits per heavy atom. The van der Waals surface area contributed by atoms with Crippen LogP contribution in [0.25, 0.3) is 0 Å². The van der Waals surface area contributed by atoms with Crippen LogP contribution in [0.2, 0.25) is 0 Å². The van der Waals surface area contributed by atoms with E-state index in [9.17, 15) is 0 Å². The van der Waals surface area contributed by atoms with E-state index >= 15 is 0 Å². The Labute approximate surface area is 163 Å². The lowest BCUT2D eigenvalue weighted by atomic mass is 9.59. The molecule has 0 heterocycles. The van der Waals surface area contributed by atoms with E-state index in [1.165, 1.54) is 56.9 Å². The molecule has 0 aromatic heterocycles. The molecule has 2 aliphatic rings. The first-order valence-electron chi connectivity index (χ1n) is 11.2. The van der Waals surface area contributed by atoms with Gasteiger partial charge in [-0.1, -0.05) is 91.0 Å². The van der Waals surface area contributed by atoms with E-state index in [1.54, 1.807) is 11.1 Å². The lowest BCUT2D eigenvalue weighted by Gasteiger charge is -2.45. The maximum atomic E-state index is 2.57. The second kappa shape index (κ2) is 6.99. The van der Waals surface area contributed by atoms with Crippen molar-refractivity contribution in [2.24, 2.45) is 17.3 Å². The Morgan fingerprint density at radius 1 is 0.962 bits per heavy atom. The quantitative estimate of drug-likeness (QED) is 0.505. The van der Waals surface area contributed by atoms with Gasteiger partial charge in [-0.3, -0.25) is 0 Å². The zero-order valence-electron chi connectivity index (χ0n) is 18.5. The van der Waals surface area contributed by atoms with Crippen molar-refractivity contribution in [3.8, 4) is 0 Å². The summed E-state index contributed by atoms with van der Waals surface area (Å²) in [5.41, 5.74) is 5.86. The largest absolute Gasteiger partial charge is 0.0625 e. The summed E-state index contributed by atoms with van der Waals surface area (Å²) in [5.74, 6) is 1.77. The van der Waals surface area contributed by atoms with E-state index in [0.29, 0.717) is 16.2 Å². The smallest absolute Gasteiger partial charge is 0.000250 e. The van der Waals surface area contributed by atoms with Crippen LogP contribution in [0, 0.1) is 24.2 Å². The van der Waals surface area contributed by atoms with Gasteiger partial charge in [-0.15, -0.1) is 0 Å². The SMILES string of the molecule is Cc1ccc2c(c1)C(CC(C)(C)C)(C1CCCCC(C)CC1)CC2(C)C. The number of benzene rings is 1. The molecule has 1 aromatic rings. The highest BCUT2D eigenvalue weighted by atomic mass is 14.6. The zero-order valence-corrected chi connectivity index (χ0v) is 18.5. The lowest BCUT2D eigenvalue weighted by Crippen LogP contribution is -2.39. The summed E-state index contributed by atoms with van der Waals surface area (Å²) in [5, 5.41) is 0. The standard InChI is InChI=1S/C26H42/c1-19-10-8-9-11-21(14-12-19)26(17-24(3,4)5)18-25(6,7)22-15-13-20(2)16-23(22)26/h13,15-16,19,21H,8-12,14,17-18H2,1-7H3. The third-order valence-electron chi connectivity index (χ3n) is 7.33. The van der Waals surface area contributed by atoms with Crippen LogP contribution in [-0.2, 0) is 10.8 Å². The number of hydrogen-bond donors (Lipinski definition) is 0. The number of rotatable bonds is 2. The van der Waals surface area contributed by atoms with E-state index in [1.807, 2.05) is 0 Å². The average molecular weight is 355 g/mol. The number of fused-ring (bicyclic) bond motifs is 1. The summed E-state index contributed by atoms with van der Waals surface area (Å²) in [7, 11) is 0. The molecule has 0 heteroatoms. The monoisotopic (exact) mass is 354 g/mol. The molecular formula is C26H42. The maximum Gasteiger partial charge on any atom is -0.000250 e. The molecule has 0 N–H and O–H groups in total. The van der Waals surface area contributed by atoms with Gasteiger partial charge >= 0.3 is 0 Å². The maximum absolute atomic E-state index is 2.57. The van der Waals surface area contributed by atoms with Crippen molar-refractivity contribution in [2.75, 3.05) is 0 Å². The molecule has 0 saturated heterocycles. The first kappa shape index (κ1) is 20.0. The topological polar surface area (TPSA) is 0 Å². The van der Waals surface area contributed by atoms with Crippen molar-refractivity contribution in [3.63, 3.8) is 0 Å². The van der Waals surface area contributed by atoms with Crippen molar-refractivity contribution >= 4 is 0 Å². The molecule has 1 saturated carbocycles. The summed E-state index contributed by atoms with van der Waals surface area (Å²) in [6.07, 6.45) is 11.3. The van der Waals surface area contributed by atoms with Crippen LogP contribution in [0.5, 0.6) is 0 Å². The molecule has 0 bridgehead atoms. The minimum Gasteiger partial charge on any atom is -0.0625 e. The molecule has 1 aromatic carbocycles. The van der Waals surface area contributed by atoms with Crippen LogP contribution >= 0.6 is 0 Å². The predicted octanol–water partition coefficient (Wildman–Crippen LogP) is 7.96. The molecule has 3 atom stereocenters. The van der Waals surface area contributed by atoms with Gasteiger partial charge in [0.1, 0.15) is 0 Å². The molecule has 2 aliphatic carbocycles. The number of hydrogen-bond acceptors (Lipinski definition) is 0. The van der Waals surface area contributed by atoms with Crippen LogP contribution in [0.15, 0.2) is 18.2 Å². The zero-order chi connectivity index (χ0) is 19.2. The van der Waals surface area contributed by atoms with Gasteiger partial charge in [-0.25, -0.2) is 0 Å². The molecule has 0 nitrogen and oxygen atoms in total. The Bertz CT molecular complexity index is 626. The Balaban J connectivity index is 2.10. The average Bonchev–Trinajstić information content (AvgIpc) is 2.69. The highest BCUT2D eigenvalue weighted by Gasteiger charge is 2.52. The van der Waals surface area contributed by atoms with E-state index < -0.39 is 0 Å². The normalized spacial score (nSPS) is 32.0. The van der Waals surface area contributed by atoms with Crippen LogP contribution in [0.1, 0.15) is 110 Å². The van der Waals surface area contributed by atoms with Crippen LogP contribution in [-0.4, -0.2) is 0 Å². The second-order valence-corrected chi connectivity index (χ2v) is 11.7. The van der Waals surface area contributed by atoms with Gasteiger partial charge < -0.3 is 0 Å².